The molecule has 3 aromatic rings. The number of Topliss-reactive ketones (excluding diaryl/α,β-unsaturated/α-hetero) is 2. The second-order valence-electron chi connectivity index (χ2n) is 7.54. The van der Waals surface area contributed by atoms with E-state index in [4.69, 9.17) is 20.6 Å². The third kappa shape index (κ3) is 3.14. The van der Waals surface area contributed by atoms with Gasteiger partial charge in [-0.05, 0) is 42.5 Å². The molecule has 0 radical (unpaired) electrons. The molecular weight excluding hydrogens is 418 g/mol. The Morgan fingerprint density at radius 1 is 0.879 bits per heavy atom. The number of nitrogens with zero attached hydrogens (tertiary/aromatic N) is 1. The van der Waals surface area contributed by atoms with E-state index >= 15 is 0 Å². The molecule has 0 aromatic heterocycles. The maximum absolute atomic E-state index is 14.0. The Labute approximate surface area is 191 Å². The molecule has 1 aliphatic carbocycles. The van der Waals surface area contributed by atoms with Crippen LogP contribution in [0.5, 0.6) is 17.2 Å². The van der Waals surface area contributed by atoms with E-state index in [0.29, 0.717) is 29.3 Å². The first-order chi connectivity index (χ1) is 16.1. The standard InChI is InChI=1S/C27H19NO5/c1-4-16-9-11-18(12-10-16)28-15-17-7-5-6-8-19(17)33-27-24(28)25(29)22-20(31-2)13-14-21(32-3)23(22)26(27)30/h1,5-14H,15H2,2-3H3. The van der Waals surface area contributed by atoms with Crippen LogP contribution in [0.1, 0.15) is 31.8 Å². The van der Waals surface area contributed by atoms with E-state index in [-0.39, 0.29) is 34.1 Å². The summed E-state index contributed by atoms with van der Waals surface area (Å²) in [5, 5.41) is 0. The first kappa shape index (κ1) is 20.4. The summed E-state index contributed by atoms with van der Waals surface area (Å²) < 4.78 is 17.0. The zero-order chi connectivity index (χ0) is 23.1. The molecule has 0 fully saturated rings. The summed E-state index contributed by atoms with van der Waals surface area (Å²) >= 11 is 0. The monoisotopic (exact) mass is 437 g/mol. The summed E-state index contributed by atoms with van der Waals surface area (Å²) in [4.78, 5) is 29.5. The number of terminal acetylenes is 1. The van der Waals surface area contributed by atoms with Gasteiger partial charge in [-0.15, -0.1) is 6.42 Å². The second kappa shape index (κ2) is 7.88. The van der Waals surface area contributed by atoms with Crippen LogP contribution in [0.3, 0.4) is 0 Å². The number of hydrogen-bond donors (Lipinski definition) is 0. The predicted octanol–water partition coefficient (Wildman–Crippen LogP) is 4.37. The van der Waals surface area contributed by atoms with Crippen LogP contribution in [0.2, 0.25) is 0 Å². The average Bonchev–Trinajstić information content (AvgIpc) is 3.04. The Bertz CT molecular complexity index is 1380. The maximum Gasteiger partial charge on any atom is 0.235 e. The van der Waals surface area contributed by atoms with Crippen molar-refractivity contribution in [2.24, 2.45) is 0 Å². The van der Waals surface area contributed by atoms with Crippen LogP contribution in [0.4, 0.5) is 5.69 Å². The van der Waals surface area contributed by atoms with Crippen LogP contribution >= 0.6 is 0 Å². The molecule has 0 saturated heterocycles. The van der Waals surface area contributed by atoms with Crippen molar-refractivity contribution in [1.82, 2.24) is 0 Å². The van der Waals surface area contributed by atoms with Crippen molar-refractivity contribution < 1.29 is 23.8 Å². The Hall–Kier alpha value is -4.50. The molecule has 33 heavy (non-hydrogen) atoms. The summed E-state index contributed by atoms with van der Waals surface area (Å²) in [6, 6.07) is 17.8. The third-order valence-electron chi connectivity index (χ3n) is 5.79. The largest absolute Gasteiger partial charge is 0.496 e. The lowest BCUT2D eigenvalue weighted by Crippen LogP contribution is -2.34. The second-order valence-corrected chi connectivity index (χ2v) is 7.54. The molecule has 1 aliphatic heterocycles. The van der Waals surface area contributed by atoms with E-state index in [1.165, 1.54) is 14.2 Å². The summed E-state index contributed by atoms with van der Waals surface area (Å²) in [6.45, 7) is 0.324. The number of hydrogen-bond acceptors (Lipinski definition) is 6. The fraction of sp³-hybridized carbons (Fsp3) is 0.111. The number of carbonyl (C=O) groups is 2. The van der Waals surface area contributed by atoms with Crippen LogP contribution in [-0.2, 0) is 6.54 Å². The highest BCUT2D eigenvalue weighted by Crippen LogP contribution is 2.43. The minimum absolute atomic E-state index is 0.0509. The number of ketones is 2. The molecule has 162 valence electrons. The molecule has 0 unspecified atom stereocenters. The van der Waals surface area contributed by atoms with E-state index in [9.17, 15) is 9.59 Å². The molecule has 1 heterocycles. The van der Waals surface area contributed by atoms with Gasteiger partial charge in [-0.3, -0.25) is 9.59 Å². The minimum Gasteiger partial charge on any atom is -0.496 e. The van der Waals surface area contributed by atoms with Crippen LogP contribution in [0, 0.1) is 12.3 Å². The predicted molar refractivity (Wildman–Crippen MR) is 123 cm³/mol. The van der Waals surface area contributed by atoms with Gasteiger partial charge in [-0.25, -0.2) is 0 Å². The van der Waals surface area contributed by atoms with Crippen molar-refractivity contribution >= 4 is 17.3 Å². The third-order valence-corrected chi connectivity index (χ3v) is 5.79. The van der Waals surface area contributed by atoms with E-state index in [0.717, 1.165) is 5.56 Å². The van der Waals surface area contributed by atoms with Gasteiger partial charge in [-0.2, -0.15) is 0 Å². The number of anilines is 1. The molecule has 0 atom stereocenters. The smallest absolute Gasteiger partial charge is 0.235 e. The quantitative estimate of drug-likeness (QED) is 0.567. The van der Waals surface area contributed by atoms with E-state index in [1.54, 1.807) is 35.2 Å². The van der Waals surface area contributed by atoms with Crippen LogP contribution in [0.25, 0.3) is 0 Å². The van der Waals surface area contributed by atoms with Crippen molar-refractivity contribution in [3.05, 3.63) is 94.4 Å². The van der Waals surface area contributed by atoms with Gasteiger partial charge in [0.2, 0.25) is 17.3 Å². The molecule has 2 aliphatic rings. The normalized spacial score (nSPS) is 14.4. The lowest BCUT2D eigenvalue weighted by atomic mass is 9.88. The van der Waals surface area contributed by atoms with Gasteiger partial charge < -0.3 is 19.1 Å². The lowest BCUT2D eigenvalue weighted by molar-refractivity contribution is 0.0930. The van der Waals surface area contributed by atoms with Crippen LogP contribution < -0.4 is 19.1 Å². The van der Waals surface area contributed by atoms with Crippen molar-refractivity contribution in [3.63, 3.8) is 0 Å². The van der Waals surface area contributed by atoms with Gasteiger partial charge in [0.05, 0.1) is 31.9 Å². The fourth-order valence-corrected chi connectivity index (χ4v) is 4.19. The number of para-hydroxylation sites is 1. The average molecular weight is 437 g/mol. The summed E-state index contributed by atoms with van der Waals surface area (Å²) in [5.41, 5.74) is 2.67. The first-order valence-electron chi connectivity index (χ1n) is 10.3. The number of allylic oxidation sites excluding steroid dienone is 2. The lowest BCUT2D eigenvalue weighted by Gasteiger charge is -2.29. The minimum atomic E-state index is -0.447. The Kier molecular flexibility index (Phi) is 4.87. The Morgan fingerprint density at radius 3 is 2.15 bits per heavy atom. The molecule has 0 amide bonds. The molecule has 0 bridgehead atoms. The molecule has 0 spiro atoms. The van der Waals surface area contributed by atoms with E-state index < -0.39 is 5.78 Å². The highest BCUT2D eigenvalue weighted by molar-refractivity contribution is 6.29. The molecule has 5 rings (SSSR count). The van der Waals surface area contributed by atoms with Gasteiger partial charge in [0.1, 0.15) is 22.9 Å². The Balaban J connectivity index is 1.78. The molecule has 6 heteroatoms. The topological polar surface area (TPSA) is 65.1 Å². The van der Waals surface area contributed by atoms with E-state index in [1.807, 2.05) is 30.3 Å². The molecule has 0 saturated carbocycles. The molecular formula is C27H19NO5. The number of benzene rings is 3. The number of methoxy groups -OCH3 is 2. The van der Waals surface area contributed by atoms with Crippen LogP contribution in [-0.4, -0.2) is 25.8 Å². The number of ether oxygens (including phenoxy) is 3. The van der Waals surface area contributed by atoms with Gasteiger partial charge in [0, 0.05) is 16.8 Å². The highest BCUT2D eigenvalue weighted by atomic mass is 16.5. The molecule has 0 N–H and O–H groups in total. The SMILES string of the molecule is C#Cc1ccc(N2Cc3ccccc3OC3=C2C(=O)c2c(OC)ccc(OC)c2C3=O)cc1. The van der Waals surface area contributed by atoms with Crippen LogP contribution in [0.15, 0.2) is 72.1 Å². The number of rotatable bonds is 3. The van der Waals surface area contributed by atoms with Gasteiger partial charge in [-0.1, -0.05) is 24.1 Å². The van der Waals surface area contributed by atoms with Gasteiger partial charge >= 0.3 is 0 Å². The summed E-state index contributed by atoms with van der Waals surface area (Å²) in [6.07, 6.45) is 5.51. The van der Waals surface area contributed by atoms with E-state index in [2.05, 4.69) is 5.92 Å². The highest BCUT2D eigenvalue weighted by Gasteiger charge is 2.43. The van der Waals surface area contributed by atoms with Crippen molar-refractivity contribution in [2.75, 3.05) is 19.1 Å². The zero-order valence-corrected chi connectivity index (χ0v) is 18.0. The first-order valence-corrected chi connectivity index (χ1v) is 10.3. The zero-order valence-electron chi connectivity index (χ0n) is 18.0. The molecule has 3 aromatic carbocycles. The van der Waals surface area contributed by atoms with Crippen molar-refractivity contribution in [3.8, 4) is 29.6 Å². The summed E-state index contributed by atoms with van der Waals surface area (Å²) in [7, 11) is 2.91. The van der Waals surface area contributed by atoms with Crippen molar-refractivity contribution in [1.29, 1.82) is 0 Å². The summed E-state index contributed by atoms with van der Waals surface area (Å²) in [5.74, 6) is 2.79. The van der Waals surface area contributed by atoms with Gasteiger partial charge in [0.15, 0.2) is 0 Å². The van der Waals surface area contributed by atoms with Gasteiger partial charge in [0.25, 0.3) is 0 Å². The molecule has 6 nitrogen and oxygen atoms in total. The van der Waals surface area contributed by atoms with Crippen molar-refractivity contribution in [2.45, 2.75) is 6.54 Å². The number of carbonyl (C=O) groups excluding carboxylic acids is 2. The number of fused-ring (bicyclic) bond motifs is 2. The fourth-order valence-electron chi connectivity index (χ4n) is 4.19. The Morgan fingerprint density at radius 2 is 1.52 bits per heavy atom. The maximum atomic E-state index is 14.0.